The predicted molar refractivity (Wildman–Crippen MR) is 31.0 cm³/mol. The number of primary amides is 1. The molecule has 0 bridgehead atoms. The fourth-order valence-electron chi connectivity index (χ4n) is 0.591. The molecule has 1 aliphatic rings. The van der Waals surface area contributed by atoms with E-state index in [9.17, 15) is 4.79 Å². The highest BCUT2D eigenvalue weighted by atomic mass is 16.5. The molecule has 0 aromatic heterocycles. The average molecular weight is 126 g/mol. The van der Waals surface area contributed by atoms with E-state index in [1.807, 2.05) is 0 Å². The topological polar surface area (TPSA) is 76.2 Å². The molecule has 0 radical (unpaired) electrons. The first-order chi connectivity index (χ1) is 4.22. The predicted octanol–water partition coefficient (Wildman–Crippen LogP) is -0.594. The molecule has 1 heterocycles. The minimum Gasteiger partial charge on any atom is -0.473 e. The Bertz CT molecular complexity index is 195. The van der Waals surface area contributed by atoms with Gasteiger partial charge in [0.25, 0.3) is 5.91 Å². The molecule has 0 atom stereocenters. The minimum atomic E-state index is -0.600. The number of hydrogen-bond donors (Lipinski definition) is 2. The van der Waals surface area contributed by atoms with Crippen LogP contribution in [0.25, 0.3) is 0 Å². The quantitative estimate of drug-likeness (QED) is 0.492. The molecule has 0 fully saturated rings. The zero-order chi connectivity index (χ0) is 6.85. The molecule has 0 aromatic carbocycles. The zero-order valence-electron chi connectivity index (χ0n) is 4.68. The summed E-state index contributed by atoms with van der Waals surface area (Å²) in [5.74, 6) is -0.722. The van der Waals surface area contributed by atoms with Crippen LogP contribution < -0.4 is 5.73 Å². The van der Waals surface area contributed by atoms with Crippen LogP contribution in [0.5, 0.6) is 0 Å². The Hall–Kier alpha value is -1.32. The number of ether oxygens (including phenoxy) is 1. The van der Waals surface area contributed by atoms with Crippen molar-refractivity contribution in [3.63, 3.8) is 0 Å². The summed E-state index contributed by atoms with van der Waals surface area (Å²) in [6.07, 6.45) is 1.49. The largest absolute Gasteiger partial charge is 0.473 e. The Labute approximate surface area is 51.8 Å². The highest BCUT2D eigenvalue weighted by Crippen LogP contribution is 2.04. The van der Waals surface area contributed by atoms with Crippen molar-refractivity contribution in [1.82, 2.24) is 0 Å². The lowest BCUT2D eigenvalue weighted by atomic mass is 10.3. The molecule has 48 valence electrons. The average Bonchev–Trinajstić information content (AvgIpc) is 2.13. The number of carbonyl (C=O) groups excluding carboxylic acids is 1. The summed E-state index contributed by atoms with van der Waals surface area (Å²) in [6, 6.07) is 0. The lowest BCUT2D eigenvalue weighted by Gasteiger charge is -1.93. The van der Waals surface area contributed by atoms with Gasteiger partial charge in [-0.15, -0.1) is 0 Å². The van der Waals surface area contributed by atoms with Crippen molar-refractivity contribution in [1.29, 1.82) is 5.41 Å². The second kappa shape index (κ2) is 1.89. The van der Waals surface area contributed by atoms with Crippen LogP contribution in [0.2, 0.25) is 0 Å². The van der Waals surface area contributed by atoms with Crippen LogP contribution in [0.4, 0.5) is 0 Å². The van der Waals surface area contributed by atoms with Crippen LogP contribution in [0.15, 0.2) is 11.6 Å². The third-order valence-corrected chi connectivity index (χ3v) is 1.03. The minimum absolute atomic E-state index is 0.123. The van der Waals surface area contributed by atoms with Gasteiger partial charge in [-0.25, -0.2) is 0 Å². The maximum Gasteiger partial charge on any atom is 0.253 e. The van der Waals surface area contributed by atoms with Crippen molar-refractivity contribution < 1.29 is 9.53 Å². The Balaban J connectivity index is 2.80. The molecule has 9 heavy (non-hydrogen) atoms. The Kier molecular flexibility index (Phi) is 1.22. The molecule has 4 heteroatoms. The molecule has 0 saturated carbocycles. The number of rotatable bonds is 1. The van der Waals surface area contributed by atoms with Crippen molar-refractivity contribution in [3.05, 3.63) is 11.6 Å². The molecule has 0 aromatic rings. The lowest BCUT2D eigenvalue weighted by Crippen LogP contribution is -2.17. The fourth-order valence-corrected chi connectivity index (χ4v) is 0.591. The van der Waals surface area contributed by atoms with E-state index in [1.54, 1.807) is 0 Å². The number of amides is 1. The normalized spacial score (nSPS) is 16.9. The molecule has 1 aliphatic heterocycles. The van der Waals surface area contributed by atoms with Crippen molar-refractivity contribution in [3.8, 4) is 0 Å². The molecule has 3 N–H and O–H groups in total. The van der Waals surface area contributed by atoms with E-state index in [0.717, 1.165) is 0 Å². The molecule has 4 nitrogen and oxygen atoms in total. The number of nitrogens with one attached hydrogen (secondary N) is 1. The fraction of sp³-hybridized carbons (Fsp3) is 0.200. The smallest absolute Gasteiger partial charge is 0.253 e. The first-order valence-corrected chi connectivity index (χ1v) is 2.43. The van der Waals surface area contributed by atoms with Gasteiger partial charge in [0, 0.05) is 0 Å². The highest BCUT2D eigenvalue weighted by molar-refractivity contribution is 6.17. The zero-order valence-corrected chi connectivity index (χ0v) is 4.68. The molecule has 1 amide bonds. The van der Waals surface area contributed by atoms with E-state index in [0.29, 0.717) is 0 Å². The monoisotopic (exact) mass is 126 g/mol. The highest BCUT2D eigenvalue weighted by Gasteiger charge is 2.16. The third-order valence-electron chi connectivity index (χ3n) is 1.03. The van der Waals surface area contributed by atoms with Crippen LogP contribution in [-0.4, -0.2) is 18.4 Å². The summed E-state index contributed by atoms with van der Waals surface area (Å²) in [6.45, 7) is 0.289. The van der Waals surface area contributed by atoms with Crippen molar-refractivity contribution >= 4 is 11.8 Å². The maximum atomic E-state index is 10.3. The summed E-state index contributed by atoms with van der Waals surface area (Å²) in [4.78, 5) is 10.3. The third kappa shape index (κ3) is 0.910. The van der Waals surface area contributed by atoms with Gasteiger partial charge in [0.15, 0.2) is 0 Å². The lowest BCUT2D eigenvalue weighted by molar-refractivity contribution is -0.114. The number of carbonyl (C=O) groups is 1. The van der Waals surface area contributed by atoms with Gasteiger partial charge in [-0.3, -0.25) is 10.2 Å². The van der Waals surface area contributed by atoms with Gasteiger partial charge in [0.2, 0.25) is 5.90 Å². The Morgan fingerprint density at radius 1 is 1.89 bits per heavy atom. The van der Waals surface area contributed by atoms with Crippen LogP contribution in [0, 0.1) is 5.41 Å². The molecule has 0 spiro atoms. The second-order valence-electron chi connectivity index (χ2n) is 1.62. The Morgan fingerprint density at radius 3 is 2.78 bits per heavy atom. The number of hydrogen-bond acceptors (Lipinski definition) is 3. The summed E-state index contributed by atoms with van der Waals surface area (Å²) in [5, 5.41) is 6.94. The van der Waals surface area contributed by atoms with Crippen LogP contribution in [-0.2, 0) is 9.53 Å². The van der Waals surface area contributed by atoms with E-state index in [-0.39, 0.29) is 18.1 Å². The summed E-state index contributed by atoms with van der Waals surface area (Å²) in [7, 11) is 0. The molecular formula is C5H6N2O2. The van der Waals surface area contributed by atoms with Crippen LogP contribution in [0.1, 0.15) is 0 Å². The first kappa shape index (κ1) is 5.81. The van der Waals surface area contributed by atoms with Gasteiger partial charge in [0.05, 0.1) is 5.57 Å². The van der Waals surface area contributed by atoms with E-state index >= 15 is 0 Å². The van der Waals surface area contributed by atoms with Crippen molar-refractivity contribution in [2.45, 2.75) is 0 Å². The standard InChI is InChI=1S/C5H6N2O2/c6-4(8)3-1-2-9-5(3)7/h1,7H,2H2,(H2,6,8). The molecule has 0 aliphatic carbocycles. The second-order valence-corrected chi connectivity index (χ2v) is 1.62. The van der Waals surface area contributed by atoms with E-state index in [2.05, 4.69) is 4.74 Å². The summed E-state index contributed by atoms with van der Waals surface area (Å²) >= 11 is 0. The maximum absolute atomic E-state index is 10.3. The molecular weight excluding hydrogens is 120 g/mol. The first-order valence-electron chi connectivity index (χ1n) is 2.43. The van der Waals surface area contributed by atoms with Gasteiger partial charge in [-0.05, 0) is 6.08 Å². The van der Waals surface area contributed by atoms with Crippen molar-refractivity contribution in [2.24, 2.45) is 5.73 Å². The van der Waals surface area contributed by atoms with Gasteiger partial charge in [-0.2, -0.15) is 0 Å². The molecule has 1 rings (SSSR count). The van der Waals surface area contributed by atoms with E-state index < -0.39 is 5.91 Å². The van der Waals surface area contributed by atoms with Gasteiger partial charge >= 0.3 is 0 Å². The Morgan fingerprint density at radius 2 is 2.56 bits per heavy atom. The van der Waals surface area contributed by atoms with Gasteiger partial charge in [-0.1, -0.05) is 0 Å². The number of nitrogens with two attached hydrogens (primary N) is 1. The SMILES string of the molecule is N=C1OCC=C1C(N)=O. The van der Waals surface area contributed by atoms with Crippen LogP contribution >= 0.6 is 0 Å². The van der Waals surface area contributed by atoms with Gasteiger partial charge in [0.1, 0.15) is 6.61 Å². The molecule has 0 unspecified atom stereocenters. The summed E-state index contributed by atoms with van der Waals surface area (Å²) in [5.41, 5.74) is 5.04. The van der Waals surface area contributed by atoms with Gasteiger partial charge < -0.3 is 10.5 Å². The van der Waals surface area contributed by atoms with Crippen molar-refractivity contribution in [2.75, 3.05) is 6.61 Å². The molecule has 0 saturated heterocycles. The van der Waals surface area contributed by atoms with E-state index in [1.165, 1.54) is 6.08 Å². The van der Waals surface area contributed by atoms with Crippen LogP contribution in [0.3, 0.4) is 0 Å². The summed E-state index contributed by atoms with van der Waals surface area (Å²) < 4.78 is 4.62. The van der Waals surface area contributed by atoms with E-state index in [4.69, 9.17) is 11.1 Å².